The van der Waals surface area contributed by atoms with Crippen LogP contribution in [0, 0.1) is 6.92 Å². The minimum Gasteiger partial charge on any atom is -0.383 e. The third-order valence-electron chi connectivity index (χ3n) is 3.36. The Hall–Kier alpha value is -2.14. The number of hydrogen-bond acceptors (Lipinski definition) is 5. The molecule has 0 aliphatic rings. The lowest BCUT2D eigenvalue weighted by molar-refractivity contribution is 0.210. The molecule has 118 valence electrons. The summed E-state index contributed by atoms with van der Waals surface area (Å²) in [4.78, 5) is 11.2. The van der Waals surface area contributed by atoms with Gasteiger partial charge in [-0.05, 0) is 19.4 Å². The fourth-order valence-electron chi connectivity index (χ4n) is 2.24. The largest absolute Gasteiger partial charge is 0.383 e. The predicted octanol–water partition coefficient (Wildman–Crippen LogP) is 2.87. The quantitative estimate of drug-likeness (QED) is 0.760. The number of rotatable bonds is 8. The van der Waals surface area contributed by atoms with Crippen LogP contribution in [-0.2, 0) is 11.3 Å². The van der Waals surface area contributed by atoms with E-state index < -0.39 is 0 Å². The van der Waals surface area contributed by atoms with Crippen LogP contribution in [-0.4, -0.2) is 36.8 Å². The Morgan fingerprint density at radius 2 is 1.95 bits per heavy atom. The van der Waals surface area contributed by atoms with Crippen molar-refractivity contribution in [2.75, 3.05) is 37.0 Å². The van der Waals surface area contributed by atoms with Gasteiger partial charge in [0.2, 0.25) is 0 Å². The second-order valence-electron chi connectivity index (χ2n) is 5.08. The monoisotopic (exact) mass is 300 g/mol. The molecule has 1 aromatic heterocycles. The van der Waals surface area contributed by atoms with Gasteiger partial charge in [-0.2, -0.15) is 0 Å². The number of nitrogens with one attached hydrogen (secondary N) is 1. The summed E-state index contributed by atoms with van der Waals surface area (Å²) in [6, 6.07) is 12.4. The van der Waals surface area contributed by atoms with Crippen molar-refractivity contribution in [1.29, 1.82) is 0 Å². The zero-order valence-electron chi connectivity index (χ0n) is 13.5. The zero-order chi connectivity index (χ0) is 15.8. The van der Waals surface area contributed by atoms with Crippen LogP contribution in [0.25, 0.3) is 0 Å². The highest BCUT2D eigenvalue weighted by Gasteiger charge is 2.09. The standard InChI is InChI=1S/C17H24N4O/c1-4-21(13-15-8-6-5-7-9-15)17-12-16(18-10-11-22-3)19-14(2)20-17/h5-9,12H,4,10-11,13H2,1-3H3,(H,18,19,20). The van der Waals surface area contributed by atoms with Crippen LogP contribution in [0.4, 0.5) is 11.6 Å². The molecule has 2 aromatic rings. The molecule has 0 radical (unpaired) electrons. The van der Waals surface area contributed by atoms with Crippen molar-refractivity contribution in [3.63, 3.8) is 0 Å². The lowest BCUT2D eigenvalue weighted by atomic mass is 10.2. The van der Waals surface area contributed by atoms with Gasteiger partial charge in [-0.25, -0.2) is 9.97 Å². The van der Waals surface area contributed by atoms with E-state index >= 15 is 0 Å². The molecule has 5 nitrogen and oxygen atoms in total. The highest BCUT2D eigenvalue weighted by atomic mass is 16.5. The lowest BCUT2D eigenvalue weighted by Crippen LogP contribution is -2.24. The average Bonchev–Trinajstić information content (AvgIpc) is 2.53. The molecule has 2 rings (SSSR count). The van der Waals surface area contributed by atoms with Gasteiger partial charge in [0.25, 0.3) is 0 Å². The van der Waals surface area contributed by atoms with Crippen molar-refractivity contribution in [2.24, 2.45) is 0 Å². The molecule has 0 aliphatic heterocycles. The van der Waals surface area contributed by atoms with E-state index in [9.17, 15) is 0 Å². The first-order valence-electron chi connectivity index (χ1n) is 7.60. The molecule has 1 heterocycles. The third-order valence-corrected chi connectivity index (χ3v) is 3.36. The number of ether oxygens (including phenoxy) is 1. The topological polar surface area (TPSA) is 50.3 Å². The van der Waals surface area contributed by atoms with Crippen LogP contribution in [0.5, 0.6) is 0 Å². The Morgan fingerprint density at radius 3 is 2.64 bits per heavy atom. The summed E-state index contributed by atoms with van der Waals surface area (Å²) < 4.78 is 5.06. The van der Waals surface area contributed by atoms with E-state index in [4.69, 9.17) is 4.74 Å². The summed E-state index contributed by atoms with van der Waals surface area (Å²) in [6.07, 6.45) is 0. The smallest absolute Gasteiger partial charge is 0.134 e. The number of hydrogen-bond donors (Lipinski definition) is 1. The van der Waals surface area contributed by atoms with Gasteiger partial charge in [0, 0.05) is 32.8 Å². The SMILES string of the molecule is CCN(Cc1ccccc1)c1cc(NCCOC)nc(C)n1. The Labute approximate surface area is 132 Å². The summed E-state index contributed by atoms with van der Waals surface area (Å²) in [5.41, 5.74) is 1.27. The van der Waals surface area contributed by atoms with Gasteiger partial charge in [-0.1, -0.05) is 30.3 Å². The van der Waals surface area contributed by atoms with Crippen molar-refractivity contribution in [3.05, 3.63) is 47.8 Å². The van der Waals surface area contributed by atoms with Crippen LogP contribution in [0.15, 0.2) is 36.4 Å². The Bertz CT molecular complexity index is 574. The first-order chi connectivity index (χ1) is 10.7. The molecule has 1 aromatic carbocycles. The van der Waals surface area contributed by atoms with Gasteiger partial charge >= 0.3 is 0 Å². The zero-order valence-corrected chi connectivity index (χ0v) is 13.5. The maximum atomic E-state index is 5.06. The van der Waals surface area contributed by atoms with E-state index in [1.54, 1.807) is 7.11 Å². The molecule has 0 saturated carbocycles. The van der Waals surface area contributed by atoms with E-state index in [0.29, 0.717) is 6.61 Å². The van der Waals surface area contributed by atoms with Crippen molar-refractivity contribution >= 4 is 11.6 Å². The van der Waals surface area contributed by atoms with Gasteiger partial charge in [-0.3, -0.25) is 0 Å². The molecule has 0 bridgehead atoms. The van der Waals surface area contributed by atoms with Gasteiger partial charge in [0.1, 0.15) is 17.5 Å². The normalized spacial score (nSPS) is 10.5. The number of nitrogens with zero attached hydrogens (tertiary/aromatic N) is 3. The molecular formula is C17H24N4O. The molecule has 0 atom stereocenters. The minimum atomic E-state index is 0.653. The summed E-state index contributed by atoms with van der Waals surface area (Å²) in [5.74, 6) is 2.55. The highest BCUT2D eigenvalue weighted by Crippen LogP contribution is 2.18. The first-order valence-corrected chi connectivity index (χ1v) is 7.60. The molecule has 0 amide bonds. The summed E-state index contributed by atoms with van der Waals surface area (Å²) in [6.45, 7) is 7.17. The second-order valence-corrected chi connectivity index (χ2v) is 5.08. The van der Waals surface area contributed by atoms with Crippen molar-refractivity contribution in [1.82, 2.24) is 9.97 Å². The Balaban J connectivity index is 2.14. The van der Waals surface area contributed by atoms with E-state index in [0.717, 1.165) is 37.1 Å². The average molecular weight is 300 g/mol. The molecule has 0 spiro atoms. The molecule has 0 unspecified atom stereocenters. The third kappa shape index (κ3) is 4.70. The maximum Gasteiger partial charge on any atom is 0.134 e. The van der Waals surface area contributed by atoms with Crippen LogP contribution in [0.2, 0.25) is 0 Å². The molecule has 1 N–H and O–H groups in total. The van der Waals surface area contributed by atoms with Crippen LogP contribution in [0.3, 0.4) is 0 Å². The summed E-state index contributed by atoms with van der Waals surface area (Å²) >= 11 is 0. The molecule has 22 heavy (non-hydrogen) atoms. The number of aryl methyl sites for hydroxylation is 1. The van der Waals surface area contributed by atoms with E-state index in [2.05, 4.69) is 51.4 Å². The number of aromatic nitrogens is 2. The van der Waals surface area contributed by atoms with Crippen molar-refractivity contribution < 1.29 is 4.74 Å². The van der Waals surface area contributed by atoms with Crippen molar-refractivity contribution in [2.45, 2.75) is 20.4 Å². The van der Waals surface area contributed by atoms with Gasteiger partial charge < -0.3 is 15.0 Å². The minimum absolute atomic E-state index is 0.653. The number of anilines is 2. The Morgan fingerprint density at radius 1 is 1.18 bits per heavy atom. The second kappa shape index (κ2) is 8.34. The van der Waals surface area contributed by atoms with Crippen LogP contribution >= 0.6 is 0 Å². The summed E-state index contributed by atoms with van der Waals surface area (Å²) in [5, 5.41) is 3.27. The van der Waals surface area contributed by atoms with Crippen LogP contribution < -0.4 is 10.2 Å². The summed E-state index contributed by atoms with van der Waals surface area (Å²) in [7, 11) is 1.69. The molecule has 0 fully saturated rings. The maximum absolute atomic E-state index is 5.06. The molecule has 0 aliphatic carbocycles. The van der Waals surface area contributed by atoms with E-state index in [-0.39, 0.29) is 0 Å². The first kappa shape index (κ1) is 16.2. The molecule has 5 heteroatoms. The number of methoxy groups -OCH3 is 1. The van der Waals surface area contributed by atoms with E-state index in [1.165, 1.54) is 5.56 Å². The van der Waals surface area contributed by atoms with Crippen molar-refractivity contribution in [3.8, 4) is 0 Å². The fraction of sp³-hybridized carbons (Fsp3) is 0.412. The number of benzene rings is 1. The van der Waals surface area contributed by atoms with Crippen LogP contribution in [0.1, 0.15) is 18.3 Å². The molecule has 0 saturated heterocycles. The fourth-order valence-corrected chi connectivity index (χ4v) is 2.24. The highest BCUT2D eigenvalue weighted by molar-refractivity contribution is 5.49. The molecular weight excluding hydrogens is 276 g/mol. The lowest BCUT2D eigenvalue weighted by Gasteiger charge is -2.23. The predicted molar refractivity (Wildman–Crippen MR) is 90.3 cm³/mol. The Kier molecular flexibility index (Phi) is 6.15. The van der Waals surface area contributed by atoms with Gasteiger partial charge in [0.05, 0.1) is 6.61 Å². The van der Waals surface area contributed by atoms with Gasteiger partial charge in [-0.15, -0.1) is 0 Å². The van der Waals surface area contributed by atoms with Gasteiger partial charge in [0.15, 0.2) is 0 Å². The van der Waals surface area contributed by atoms with E-state index in [1.807, 2.05) is 19.1 Å².